The van der Waals surface area contributed by atoms with Gasteiger partial charge in [-0.2, -0.15) is 0 Å². The van der Waals surface area contributed by atoms with Crippen LogP contribution in [0.2, 0.25) is 0 Å². The molecule has 0 aliphatic carbocycles. The third-order valence-corrected chi connectivity index (χ3v) is 2.31. The van der Waals surface area contributed by atoms with Gasteiger partial charge in [-0.15, -0.1) is 0 Å². The molecule has 2 nitrogen and oxygen atoms in total. The van der Waals surface area contributed by atoms with Gasteiger partial charge in [0.05, 0.1) is 7.11 Å². The zero-order chi connectivity index (χ0) is 9.52. The van der Waals surface area contributed by atoms with E-state index < -0.39 is 0 Å². The Morgan fingerprint density at radius 2 is 2.00 bits per heavy atom. The quantitative estimate of drug-likeness (QED) is 0.577. The van der Waals surface area contributed by atoms with E-state index in [-0.39, 0.29) is 0 Å². The van der Waals surface area contributed by atoms with Crippen LogP contribution >= 0.6 is 11.9 Å². The average Bonchev–Trinajstić information content (AvgIpc) is 2.19. The summed E-state index contributed by atoms with van der Waals surface area (Å²) in [5, 5.41) is 0. The van der Waals surface area contributed by atoms with Gasteiger partial charge in [0.15, 0.2) is 0 Å². The second kappa shape index (κ2) is 5.89. The summed E-state index contributed by atoms with van der Waals surface area (Å²) in [6, 6.07) is 8.19. The number of hydrogen-bond donors (Lipinski definition) is 1. The van der Waals surface area contributed by atoms with Crippen LogP contribution in [-0.4, -0.2) is 19.9 Å². The van der Waals surface area contributed by atoms with Gasteiger partial charge in [0, 0.05) is 6.54 Å². The highest BCUT2D eigenvalue weighted by Crippen LogP contribution is 2.11. The molecule has 1 aromatic rings. The van der Waals surface area contributed by atoms with Crippen LogP contribution < -0.4 is 9.46 Å². The second-order valence-electron chi connectivity index (χ2n) is 2.70. The molecule has 0 saturated carbocycles. The molecule has 72 valence electrons. The molecule has 1 N–H and O–H groups in total. The Labute approximate surface area is 83.8 Å². The van der Waals surface area contributed by atoms with Gasteiger partial charge in [-0.1, -0.05) is 24.1 Å². The highest BCUT2D eigenvalue weighted by atomic mass is 32.2. The monoisotopic (exact) mass is 197 g/mol. The van der Waals surface area contributed by atoms with Gasteiger partial charge in [0.1, 0.15) is 5.75 Å². The molecule has 0 aliphatic heterocycles. The molecule has 1 rings (SSSR count). The molecule has 3 heteroatoms. The number of rotatable bonds is 5. The van der Waals surface area contributed by atoms with Crippen molar-refractivity contribution in [3.05, 3.63) is 29.8 Å². The summed E-state index contributed by atoms with van der Waals surface area (Å²) in [6.45, 7) is 1.01. The summed E-state index contributed by atoms with van der Waals surface area (Å²) in [4.78, 5) is 0. The predicted octanol–water partition coefficient (Wildman–Crippen LogP) is 2.11. The summed E-state index contributed by atoms with van der Waals surface area (Å²) in [5.41, 5.74) is 1.34. The maximum Gasteiger partial charge on any atom is 0.118 e. The summed E-state index contributed by atoms with van der Waals surface area (Å²) in [6.07, 6.45) is 3.10. The third kappa shape index (κ3) is 3.70. The van der Waals surface area contributed by atoms with Gasteiger partial charge in [-0.25, -0.2) is 0 Å². The molecule has 13 heavy (non-hydrogen) atoms. The number of methoxy groups -OCH3 is 1. The minimum Gasteiger partial charge on any atom is -0.497 e. The van der Waals surface area contributed by atoms with Crippen molar-refractivity contribution in [1.82, 2.24) is 4.72 Å². The smallest absolute Gasteiger partial charge is 0.118 e. The molecule has 0 aromatic heterocycles. The van der Waals surface area contributed by atoms with Crippen molar-refractivity contribution in [1.29, 1.82) is 0 Å². The normalized spacial score (nSPS) is 10.0. The summed E-state index contributed by atoms with van der Waals surface area (Å²) >= 11 is 1.65. The van der Waals surface area contributed by atoms with Crippen LogP contribution in [0.3, 0.4) is 0 Å². The fraction of sp³-hybridized carbons (Fsp3) is 0.400. The molecule has 0 saturated heterocycles. The first-order chi connectivity index (χ1) is 6.36. The molecule has 0 bridgehead atoms. The first-order valence-electron chi connectivity index (χ1n) is 4.25. The highest BCUT2D eigenvalue weighted by Gasteiger charge is 1.93. The van der Waals surface area contributed by atoms with E-state index in [1.165, 1.54) is 5.56 Å². The lowest BCUT2D eigenvalue weighted by atomic mass is 10.1. The molecule has 0 spiro atoms. The minimum atomic E-state index is 0.918. The molecule has 0 amide bonds. The van der Waals surface area contributed by atoms with Crippen LogP contribution in [-0.2, 0) is 6.42 Å². The van der Waals surface area contributed by atoms with E-state index in [1.807, 2.05) is 18.4 Å². The van der Waals surface area contributed by atoms with E-state index in [2.05, 4.69) is 16.9 Å². The van der Waals surface area contributed by atoms with E-state index in [4.69, 9.17) is 4.74 Å². The topological polar surface area (TPSA) is 21.3 Å². The van der Waals surface area contributed by atoms with Crippen molar-refractivity contribution in [2.45, 2.75) is 6.42 Å². The maximum absolute atomic E-state index is 5.08. The molecule has 0 atom stereocenters. The van der Waals surface area contributed by atoms with Crippen LogP contribution in [0.1, 0.15) is 5.56 Å². The lowest BCUT2D eigenvalue weighted by molar-refractivity contribution is 0.414. The van der Waals surface area contributed by atoms with Crippen molar-refractivity contribution in [2.24, 2.45) is 0 Å². The highest BCUT2D eigenvalue weighted by molar-refractivity contribution is 7.96. The van der Waals surface area contributed by atoms with Crippen LogP contribution in [0.5, 0.6) is 5.75 Å². The molecule has 0 unspecified atom stereocenters. The zero-order valence-electron chi connectivity index (χ0n) is 8.04. The Morgan fingerprint density at radius 3 is 2.54 bits per heavy atom. The first kappa shape index (κ1) is 10.4. The Morgan fingerprint density at radius 1 is 1.31 bits per heavy atom. The molecule has 0 fully saturated rings. The lowest BCUT2D eigenvalue weighted by Gasteiger charge is -2.03. The zero-order valence-corrected chi connectivity index (χ0v) is 8.86. The van der Waals surface area contributed by atoms with Gasteiger partial charge in [0.25, 0.3) is 0 Å². The van der Waals surface area contributed by atoms with E-state index in [0.717, 1.165) is 18.7 Å². The molecule has 1 aromatic carbocycles. The van der Waals surface area contributed by atoms with Gasteiger partial charge in [-0.3, -0.25) is 4.72 Å². The fourth-order valence-corrected chi connectivity index (χ4v) is 1.40. The van der Waals surface area contributed by atoms with E-state index in [9.17, 15) is 0 Å². The number of nitrogens with one attached hydrogen (secondary N) is 1. The maximum atomic E-state index is 5.08. The molecule has 0 radical (unpaired) electrons. The van der Waals surface area contributed by atoms with Crippen molar-refractivity contribution >= 4 is 11.9 Å². The van der Waals surface area contributed by atoms with Gasteiger partial charge in [0.2, 0.25) is 0 Å². The number of ether oxygens (including phenoxy) is 1. The Bertz CT molecular complexity index is 235. The van der Waals surface area contributed by atoms with Crippen molar-refractivity contribution < 1.29 is 4.74 Å². The minimum absolute atomic E-state index is 0.918. The van der Waals surface area contributed by atoms with Crippen molar-refractivity contribution in [3.63, 3.8) is 0 Å². The number of hydrogen-bond acceptors (Lipinski definition) is 3. The Balaban J connectivity index is 2.40. The molecular formula is C10H15NOS. The molecule has 0 aliphatic rings. The molecule has 0 heterocycles. The summed E-state index contributed by atoms with van der Waals surface area (Å²) < 4.78 is 8.29. The Hall–Kier alpha value is -0.670. The van der Waals surface area contributed by atoms with Gasteiger partial charge in [-0.05, 0) is 30.4 Å². The summed E-state index contributed by atoms with van der Waals surface area (Å²) in [5.74, 6) is 0.918. The van der Waals surface area contributed by atoms with Crippen LogP contribution in [0.25, 0.3) is 0 Å². The van der Waals surface area contributed by atoms with Gasteiger partial charge < -0.3 is 4.74 Å². The van der Waals surface area contributed by atoms with Gasteiger partial charge >= 0.3 is 0 Å². The van der Waals surface area contributed by atoms with Crippen LogP contribution in [0, 0.1) is 0 Å². The predicted molar refractivity (Wildman–Crippen MR) is 58.2 cm³/mol. The third-order valence-electron chi connectivity index (χ3n) is 1.82. The Kier molecular flexibility index (Phi) is 4.72. The van der Waals surface area contributed by atoms with Crippen molar-refractivity contribution in [2.75, 3.05) is 19.9 Å². The lowest BCUT2D eigenvalue weighted by Crippen LogP contribution is -2.07. The van der Waals surface area contributed by atoms with E-state index >= 15 is 0 Å². The van der Waals surface area contributed by atoms with Crippen LogP contribution in [0.4, 0.5) is 0 Å². The SMILES string of the molecule is COc1ccc(CCNSC)cc1. The molecular weight excluding hydrogens is 182 g/mol. The average molecular weight is 197 g/mol. The largest absolute Gasteiger partial charge is 0.497 e. The van der Waals surface area contributed by atoms with Crippen molar-refractivity contribution in [3.8, 4) is 5.75 Å². The summed E-state index contributed by atoms with van der Waals surface area (Å²) in [7, 11) is 1.68. The second-order valence-corrected chi connectivity index (χ2v) is 3.39. The number of benzene rings is 1. The standard InChI is InChI=1S/C10H15NOS/c1-12-10-5-3-9(4-6-10)7-8-11-13-2/h3-6,11H,7-8H2,1-2H3. The first-order valence-corrected chi connectivity index (χ1v) is 5.48. The van der Waals surface area contributed by atoms with Crippen LogP contribution in [0.15, 0.2) is 24.3 Å². The van der Waals surface area contributed by atoms with E-state index in [1.54, 1.807) is 19.1 Å². The fourth-order valence-electron chi connectivity index (χ4n) is 1.09. The van der Waals surface area contributed by atoms with E-state index in [0.29, 0.717) is 0 Å².